The van der Waals surface area contributed by atoms with Gasteiger partial charge in [0, 0.05) is 50.8 Å². The Labute approximate surface area is 174 Å². The van der Waals surface area contributed by atoms with Crippen molar-refractivity contribution in [3.8, 4) is 0 Å². The minimum absolute atomic E-state index is 0.263. The SMILES string of the molecule is CCNC(=NCC1(S(C)(=O)=O)CCOCC1)NC1CCN(c2ccc(C)cc2)C1. The maximum Gasteiger partial charge on any atom is 0.191 e. The average Bonchev–Trinajstić information content (AvgIpc) is 3.15. The van der Waals surface area contributed by atoms with Crippen LogP contribution in [0.15, 0.2) is 29.3 Å². The molecule has 0 aromatic heterocycles. The first-order chi connectivity index (χ1) is 13.8. The van der Waals surface area contributed by atoms with Crippen molar-refractivity contribution in [1.29, 1.82) is 0 Å². The molecular formula is C21H34N4O3S. The van der Waals surface area contributed by atoms with Gasteiger partial charge >= 0.3 is 0 Å². The van der Waals surface area contributed by atoms with Gasteiger partial charge in [0.05, 0.1) is 11.3 Å². The lowest BCUT2D eigenvalue weighted by Crippen LogP contribution is -2.49. The zero-order chi connectivity index (χ0) is 20.9. The Balaban J connectivity index is 1.66. The molecule has 2 aliphatic heterocycles. The lowest BCUT2D eigenvalue weighted by Gasteiger charge is -2.34. The third-order valence-electron chi connectivity index (χ3n) is 5.99. The fourth-order valence-corrected chi connectivity index (χ4v) is 5.20. The normalized spacial score (nSPS) is 22.5. The van der Waals surface area contributed by atoms with E-state index in [-0.39, 0.29) is 12.6 Å². The van der Waals surface area contributed by atoms with Crippen molar-refractivity contribution in [2.45, 2.75) is 43.9 Å². The lowest BCUT2D eigenvalue weighted by molar-refractivity contribution is 0.0768. The van der Waals surface area contributed by atoms with Gasteiger partial charge in [-0.05, 0) is 45.2 Å². The third-order valence-corrected chi connectivity index (χ3v) is 8.10. The molecule has 0 radical (unpaired) electrons. The molecule has 7 nitrogen and oxygen atoms in total. The fourth-order valence-electron chi connectivity index (χ4n) is 3.99. The number of ether oxygens (including phenoxy) is 1. The molecule has 1 unspecified atom stereocenters. The van der Waals surface area contributed by atoms with E-state index in [1.165, 1.54) is 17.5 Å². The molecule has 8 heteroatoms. The molecular weight excluding hydrogens is 388 g/mol. The number of nitrogens with zero attached hydrogens (tertiary/aromatic N) is 2. The molecule has 0 spiro atoms. The second kappa shape index (κ2) is 9.34. The van der Waals surface area contributed by atoms with Crippen molar-refractivity contribution in [3.05, 3.63) is 29.8 Å². The Kier molecular flexibility index (Phi) is 7.05. The summed E-state index contributed by atoms with van der Waals surface area (Å²) in [5.74, 6) is 0.692. The van der Waals surface area contributed by atoms with Crippen LogP contribution >= 0.6 is 0 Å². The first-order valence-corrected chi connectivity index (χ1v) is 12.4. The Morgan fingerprint density at radius 2 is 1.97 bits per heavy atom. The Bertz CT molecular complexity index is 802. The van der Waals surface area contributed by atoms with Crippen LogP contribution in [-0.2, 0) is 14.6 Å². The van der Waals surface area contributed by atoms with Crippen molar-refractivity contribution >= 4 is 21.5 Å². The van der Waals surface area contributed by atoms with Gasteiger partial charge in [0.25, 0.3) is 0 Å². The van der Waals surface area contributed by atoms with Crippen LogP contribution in [0.5, 0.6) is 0 Å². The Morgan fingerprint density at radius 3 is 2.59 bits per heavy atom. The molecule has 0 amide bonds. The Morgan fingerprint density at radius 1 is 1.28 bits per heavy atom. The predicted molar refractivity (Wildman–Crippen MR) is 119 cm³/mol. The number of anilines is 1. The van der Waals surface area contributed by atoms with E-state index in [0.29, 0.717) is 32.0 Å². The first-order valence-electron chi connectivity index (χ1n) is 10.5. The molecule has 0 saturated carbocycles. The summed E-state index contributed by atoms with van der Waals surface area (Å²) in [4.78, 5) is 7.06. The molecule has 2 saturated heterocycles. The molecule has 3 rings (SSSR count). The topological polar surface area (TPSA) is 83.0 Å². The Hall–Kier alpha value is -1.80. The number of hydrogen-bond acceptors (Lipinski definition) is 5. The van der Waals surface area contributed by atoms with Crippen LogP contribution in [0, 0.1) is 6.92 Å². The zero-order valence-electron chi connectivity index (χ0n) is 17.8. The number of sulfone groups is 1. The predicted octanol–water partition coefficient (Wildman–Crippen LogP) is 1.72. The standard InChI is InChI=1S/C21H34N4O3S/c1-4-22-20(23-16-21(29(3,26)27)10-13-28-14-11-21)24-18-9-12-25(15-18)19-7-5-17(2)6-8-19/h5-8,18H,4,9-16H2,1-3H3,(H2,22,23,24). The van der Waals surface area contributed by atoms with Crippen LogP contribution in [0.3, 0.4) is 0 Å². The van der Waals surface area contributed by atoms with E-state index in [0.717, 1.165) is 26.1 Å². The van der Waals surface area contributed by atoms with Crippen molar-refractivity contribution < 1.29 is 13.2 Å². The first kappa shape index (κ1) is 21.9. The fraction of sp³-hybridized carbons (Fsp3) is 0.667. The second-order valence-corrected chi connectivity index (χ2v) is 10.6. The van der Waals surface area contributed by atoms with Gasteiger partial charge in [-0.3, -0.25) is 4.99 Å². The van der Waals surface area contributed by atoms with E-state index in [1.54, 1.807) is 0 Å². The monoisotopic (exact) mass is 422 g/mol. The molecule has 0 bridgehead atoms. The molecule has 1 aromatic carbocycles. The molecule has 2 fully saturated rings. The number of nitrogens with one attached hydrogen (secondary N) is 2. The van der Waals surface area contributed by atoms with Crippen molar-refractivity contribution in [1.82, 2.24) is 10.6 Å². The maximum atomic E-state index is 12.5. The van der Waals surface area contributed by atoms with E-state index in [1.807, 2.05) is 6.92 Å². The van der Waals surface area contributed by atoms with Gasteiger partial charge in [-0.1, -0.05) is 17.7 Å². The maximum absolute atomic E-state index is 12.5. The summed E-state index contributed by atoms with van der Waals surface area (Å²) in [6.45, 7) is 7.95. The number of benzene rings is 1. The van der Waals surface area contributed by atoms with Crippen LogP contribution < -0.4 is 15.5 Å². The van der Waals surface area contributed by atoms with Crippen molar-refractivity contribution in [2.24, 2.45) is 4.99 Å². The van der Waals surface area contributed by atoms with E-state index < -0.39 is 14.6 Å². The average molecular weight is 423 g/mol. The van der Waals surface area contributed by atoms with Crippen LogP contribution in [-0.4, -0.2) is 70.8 Å². The number of guanidine groups is 1. The molecule has 2 N–H and O–H groups in total. The zero-order valence-corrected chi connectivity index (χ0v) is 18.6. The lowest BCUT2D eigenvalue weighted by atomic mass is 9.99. The molecule has 2 heterocycles. The van der Waals surface area contributed by atoms with Crippen molar-refractivity contribution in [3.63, 3.8) is 0 Å². The van der Waals surface area contributed by atoms with E-state index in [2.05, 4.69) is 51.7 Å². The van der Waals surface area contributed by atoms with Crippen LogP contribution in [0.4, 0.5) is 5.69 Å². The molecule has 2 aliphatic rings. The van der Waals surface area contributed by atoms with Gasteiger partial charge in [-0.2, -0.15) is 0 Å². The van der Waals surface area contributed by atoms with E-state index in [4.69, 9.17) is 4.74 Å². The summed E-state index contributed by atoms with van der Waals surface area (Å²) >= 11 is 0. The molecule has 162 valence electrons. The summed E-state index contributed by atoms with van der Waals surface area (Å²) < 4.78 is 29.5. The third kappa shape index (κ3) is 5.42. The minimum atomic E-state index is -3.22. The number of aryl methyl sites for hydroxylation is 1. The van der Waals surface area contributed by atoms with Crippen LogP contribution in [0.2, 0.25) is 0 Å². The quantitative estimate of drug-likeness (QED) is 0.537. The second-order valence-electron chi connectivity index (χ2n) is 8.17. The van der Waals surface area contributed by atoms with E-state index in [9.17, 15) is 8.42 Å². The van der Waals surface area contributed by atoms with Gasteiger partial charge in [0.1, 0.15) is 0 Å². The molecule has 0 aliphatic carbocycles. The van der Waals surface area contributed by atoms with Gasteiger partial charge in [0.2, 0.25) is 0 Å². The summed E-state index contributed by atoms with van der Waals surface area (Å²) in [6.07, 6.45) is 3.34. The van der Waals surface area contributed by atoms with Gasteiger partial charge in [-0.15, -0.1) is 0 Å². The summed E-state index contributed by atoms with van der Waals surface area (Å²) in [6, 6.07) is 8.88. The van der Waals surface area contributed by atoms with Gasteiger partial charge < -0.3 is 20.3 Å². The molecule has 29 heavy (non-hydrogen) atoms. The minimum Gasteiger partial charge on any atom is -0.381 e. The summed E-state index contributed by atoms with van der Waals surface area (Å²) in [5.41, 5.74) is 2.50. The van der Waals surface area contributed by atoms with E-state index >= 15 is 0 Å². The largest absolute Gasteiger partial charge is 0.381 e. The number of aliphatic imine (C=N–C) groups is 1. The summed E-state index contributed by atoms with van der Waals surface area (Å²) in [5, 5.41) is 6.78. The highest BCUT2D eigenvalue weighted by Crippen LogP contribution is 2.29. The highest BCUT2D eigenvalue weighted by molar-refractivity contribution is 7.92. The van der Waals surface area contributed by atoms with Crippen LogP contribution in [0.25, 0.3) is 0 Å². The highest BCUT2D eigenvalue weighted by Gasteiger charge is 2.42. The van der Waals surface area contributed by atoms with Gasteiger partial charge in [0.15, 0.2) is 15.8 Å². The number of rotatable bonds is 6. The summed E-state index contributed by atoms with van der Waals surface area (Å²) in [7, 11) is -3.22. The number of hydrogen-bond donors (Lipinski definition) is 2. The van der Waals surface area contributed by atoms with Crippen LogP contribution in [0.1, 0.15) is 31.7 Å². The molecule has 1 aromatic rings. The van der Waals surface area contributed by atoms with Crippen molar-refractivity contribution in [2.75, 3.05) is 50.5 Å². The smallest absolute Gasteiger partial charge is 0.191 e. The van der Waals surface area contributed by atoms with Gasteiger partial charge in [-0.25, -0.2) is 8.42 Å². The highest BCUT2D eigenvalue weighted by atomic mass is 32.2. The molecule has 1 atom stereocenters.